The Bertz CT molecular complexity index is 1110. The van der Waals surface area contributed by atoms with Crippen LogP contribution in [0.15, 0.2) is 47.3 Å². The number of nitrogens with one attached hydrogen (secondary N) is 1. The fourth-order valence-corrected chi connectivity index (χ4v) is 3.11. The Morgan fingerprint density at radius 2 is 2.12 bits per heavy atom. The van der Waals surface area contributed by atoms with E-state index in [-0.39, 0.29) is 11.5 Å². The van der Waals surface area contributed by atoms with Crippen LogP contribution in [0.1, 0.15) is 28.2 Å². The van der Waals surface area contributed by atoms with Crippen molar-refractivity contribution in [1.29, 1.82) is 0 Å². The number of benzene rings is 2. The molecule has 2 heterocycles. The van der Waals surface area contributed by atoms with Crippen molar-refractivity contribution in [2.45, 2.75) is 19.4 Å². The Morgan fingerprint density at radius 1 is 1.24 bits per heavy atom. The molecule has 0 aliphatic carbocycles. The molecule has 0 spiro atoms. The average Bonchev–Trinajstić information content (AvgIpc) is 3.10. The lowest BCUT2D eigenvalue weighted by Crippen LogP contribution is -2.21. The predicted molar refractivity (Wildman–Crippen MR) is 96.7 cm³/mol. The van der Waals surface area contributed by atoms with Gasteiger partial charge in [0.25, 0.3) is 11.5 Å². The number of amides is 1. The van der Waals surface area contributed by atoms with Gasteiger partial charge in [-0.3, -0.25) is 14.2 Å². The minimum Gasteiger partial charge on any atom is -0.322 e. The fourth-order valence-electron chi connectivity index (χ4n) is 3.11. The van der Waals surface area contributed by atoms with E-state index in [1.165, 1.54) is 0 Å². The van der Waals surface area contributed by atoms with Crippen molar-refractivity contribution in [2.75, 3.05) is 5.32 Å². The zero-order valence-corrected chi connectivity index (χ0v) is 13.5. The third-order valence-corrected chi connectivity index (χ3v) is 4.37. The standard InChI is InChI=1S/C20H15N3O2/c1-2-13-5-3-6-15(11-13)21-19(24)14-8-9-16-17(12-14)22-18-7-4-10-23(18)20(16)25/h1,3,5-6,8-9,11-12H,4,7,10H2,(H,21,24). The summed E-state index contributed by atoms with van der Waals surface area (Å²) in [5, 5.41) is 3.36. The highest BCUT2D eigenvalue weighted by Crippen LogP contribution is 2.17. The van der Waals surface area contributed by atoms with Crippen molar-refractivity contribution in [3.05, 3.63) is 69.8 Å². The lowest BCUT2D eigenvalue weighted by atomic mass is 10.1. The number of aryl methyl sites for hydroxylation is 1. The Hall–Kier alpha value is -3.39. The maximum atomic E-state index is 12.5. The number of hydrogen-bond acceptors (Lipinski definition) is 3. The molecule has 3 aromatic rings. The van der Waals surface area contributed by atoms with Gasteiger partial charge in [-0.1, -0.05) is 12.0 Å². The molecule has 1 N–H and O–H groups in total. The van der Waals surface area contributed by atoms with Crippen LogP contribution in [0.5, 0.6) is 0 Å². The molecule has 0 saturated heterocycles. The van der Waals surface area contributed by atoms with E-state index in [4.69, 9.17) is 6.42 Å². The van der Waals surface area contributed by atoms with E-state index in [1.54, 1.807) is 47.0 Å². The maximum Gasteiger partial charge on any atom is 0.261 e. The van der Waals surface area contributed by atoms with Crippen LogP contribution in [0.4, 0.5) is 5.69 Å². The molecule has 0 unspecified atom stereocenters. The number of hydrogen-bond donors (Lipinski definition) is 1. The van der Waals surface area contributed by atoms with Gasteiger partial charge in [0.05, 0.1) is 10.9 Å². The molecule has 0 bridgehead atoms. The van der Waals surface area contributed by atoms with Crippen molar-refractivity contribution in [3.8, 4) is 12.3 Å². The molecule has 0 radical (unpaired) electrons. The summed E-state index contributed by atoms with van der Waals surface area (Å²) >= 11 is 0. The Kier molecular flexibility index (Phi) is 3.58. The van der Waals surface area contributed by atoms with Gasteiger partial charge >= 0.3 is 0 Å². The summed E-state index contributed by atoms with van der Waals surface area (Å²) < 4.78 is 1.72. The zero-order chi connectivity index (χ0) is 17.4. The largest absolute Gasteiger partial charge is 0.322 e. The second-order valence-electron chi connectivity index (χ2n) is 6.00. The monoisotopic (exact) mass is 329 g/mol. The van der Waals surface area contributed by atoms with E-state index in [0.29, 0.717) is 34.3 Å². The number of carbonyl (C=O) groups is 1. The first kappa shape index (κ1) is 15.2. The van der Waals surface area contributed by atoms with E-state index in [1.807, 2.05) is 0 Å². The lowest BCUT2D eigenvalue weighted by molar-refractivity contribution is 0.102. The van der Waals surface area contributed by atoms with Crippen molar-refractivity contribution in [3.63, 3.8) is 0 Å². The molecule has 5 heteroatoms. The summed E-state index contributed by atoms with van der Waals surface area (Å²) in [6, 6.07) is 12.1. The van der Waals surface area contributed by atoms with Crippen LogP contribution in [-0.2, 0) is 13.0 Å². The first-order valence-electron chi connectivity index (χ1n) is 8.07. The summed E-state index contributed by atoms with van der Waals surface area (Å²) in [7, 11) is 0. The summed E-state index contributed by atoms with van der Waals surface area (Å²) in [5.74, 6) is 3.06. The van der Waals surface area contributed by atoms with Crippen LogP contribution in [0, 0.1) is 12.3 Å². The minimum atomic E-state index is -0.265. The molecule has 0 atom stereocenters. The van der Waals surface area contributed by atoms with E-state index >= 15 is 0 Å². The molecule has 0 saturated carbocycles. The zero-order valence-electron chi connectivity index (χ0n) is 13.5. The van der Waals surface area contributed by atoms with Gasteiger partial charge in [-0.05, 0) is 42.8 Å². The molecule has 25 heavy (non-hydrogen) atoms. The van der Waals surface area contributed by atoms with Crippen LogP contribution in [0.2, 0.25) is 0 Å². The number of nitrogens with zero attached hydrogens (tertiary/aromatic N) is 2. The second-order valence-corrected chi connectivity index (χ2v) is 6.00. The van der Waals surface area contributed by atoms with Crippen LogP contribution < -0.4 is 10.9 Å². The SMILES string of the molecule is C#Cc1cccc(NC(=O)c2ccc3c(=O)n4c(nc3c2)CCC4)c1. The van der Waals surface area contributed by atoms with Gasteiger partial charge in [-0.25, -0.2) is 4.98 Å². The molecule has 0 fully saturated rings. The van der Waals surface area contributed by atoms with Gasteiger partial charge in [0.2, 0.25) is 0 Å². The first-order chi connectivity index (χ1) is 12.2. The topological polar surface area (TPSA) is 64.0 Å². The highest BCUT2D eigenvalue weighted by atomic mass is 16.1. The highest BCUT2D eigenvalue weighted by molar-refractivity contribution is 6.06. The van der Waals surface area contributed by atoms with Crippen molar-refractivity contribution < 1.29 is 4.79 Å². The number of aromatic nitrogens is 2. The van der Waals surface area contributed by atoms with Crippen molar-refractivity contribution >= 4 is 22.5 Å². The predicted octanol–water partition coefficient (Wildman–Crippen LogP) is 2.58. The summed E-state index contributed by atoms with van der Waals surface area (Å²) in [6.45, 7) is 0.713. The van der Waals surface area contributed by atoms with Crippen molar-refractivity contribution in [2.24, 2.45) is 0 Å². The van der Waals surface area contributed by atoms with Gasteiger partial charge in [0, 0.05) is 29.8 Å². The number of fused-ring (bicyclic) bond motifs is 2. The summed E-state index contributed by atoms with van der Waals surface area (Å²) in [6.07, 6.45) is 7.10. The Morgan fingerprint density at radius 3 is 2.96 bits per heavy atom. The van der Waals surface area contributed by atoms with Gasteiger partial charge < -0.3 is 5.32 Å². The molecule has 122 valence electrons. The average molecular weight is 329 g/mol. The van der Waals surface area contributed by atoms with E-state index in [2.05, 4.69) is 16.2 Å². The third-order valence-electron chi connectivity index (χ3n) is 4.37. The Balaban J connectivity index is 1.69. The molecule has 1 aromatic heterocycles. The number of rotatable bonds is 2. The first-order valence-corrected chi connectivity index (χ1v) is 8.07. The maximum absolute atomic E-state index is 12.5. The molecule has 4 rings (SSSR count). The van der Waals surface area contributed by atoms with E-state index in [0.717, 1.165) is 18.7 Å². The van der Waals surface area contributed by atoms with E-state index in [9.17, 15) is 9.59 Å². The highest BCUT2D eigenvalue weighted by Gasteiger charge is 2.17. The molecule has 1 aliphatic rings. The van der Waals surface area contributed by atoms with Crippen LogP contribution in [-0.4, -0.2) is 15.5 Å². The fraction of sp³-hybridized carbons (Fsp3) is 0.150. The number of anilines is 1. The molecular formula is C20H15N3O2. The normalized spacial score (nSPS) is 12.6. The lowest BCUT2D eigenvalue weighted by Gasteiger charge is -2.08. The summed E-state index contributed by atoms with van der Waals surface area (Å²) in [5.41, 5.74) is 2.30. The molecule has 5 nitrogen and oxygen atoms in total. The van der Waals surface area contributed by atoms with Gasteiger partial charge in [-0.2, -0.15) is 0 Å². The molecule has 1 aliphatic heterocycles. The van der Waals surface area contributed by atoms with Gasteiger partial charge in [0.15, 0.2) is 0 Å². The van der Waals surface area contributed by atoms with Crippen LogP contribution in [0.3, 0.4) is 0 Å². The quantitative estimate of drug-likeness (QED) is 0.735. The van der Waals surface area contributed by atoms with E-state index < -0.39 is 0 Å². The summed E-state index contributed by atoms with van der Waals surface area (Å²) in [4.78, 5) is 29.5. The third kappa shape index (κ3) is 2.68. The van der Waals surface area contributed by atoms with Gasteiger partial charge in [0.1, 0.15) is 5.82 Å². The van der Waals surface area contributed by atoms with Crippen LogP contribution >= 0.6 is 0 Å². The minimum absolute atomic E-state index is 0.0359. The van der Waals surface area contributed by atoms with Crippen molar-refractivity contribution in [1.82, 2.24) is 9.55 Å². The second kappa shape index (κ2) is 5.91. The smallest absolute Gasteiger partial charge is 0.261 e. The Labute approximate surface area is 144 Å². The molecule has 2 aromatic carbocycles. The van der Waals surface area contributed by atoms with Crippen LogP contribution in [0.25, 0.3) is 10.9 Å². The number of terminal acetylenes is 1. The molecular weight excluding hydrogens is 314 g/mol. The number of carbonyl (C=O) groups excluding carboxylic acids is 1. The van der Waals surface area contributed by atoms with Gasteiger partial charge in [-0.15, -0.1) is 6.42 Å². The molecule has 1 amide bonds.